The van der Waals surface area contributed by atoms with Crippen LogP contribution in [-0.2, 0) is 16.5 Å². The molecule has 2 aliphatic rings. The number of aromatic nitrogens is 3. The number of ether oxygens (including phenoxy) is 2. The maximum atomic E-state index is 12.5. The Hall–Kier alpha value is -1.95. The third-order valence-corrected chi connectivity index (χ3v) is 5.30. The summed E-state index contributed by atoms with van der Waals surface area (Å²) in [6, 6.07) is 5.37. The lowest BCUT2D eigenvalue weighted by molar-refractivity contribution is -0.243. The van der Waals surface area contributed by atoms with Crippen LogP contribution in [0.1, 0.15) is 37.0 Å². The number of hydrogen-bond donors (Lipinski definition) is 0. The number of fused-ring (bicyclic) bond motifs is 2. The molecule has 0 radical (unpaired) electrons. The Bertz CT molecular complexity index is 768. The maximum Gasteiger partial charge on any atom is 0.338 e. The lowest BCUT2D eigenvalue weighted by Gasteiger charge is -2.58. The predicted octanol–water partition coefficient (Wildman–Crippen LogP) is 2.33. The molecular weight excluding hydrogens is 294 g/mol. The van der Waals surface area contributed by atoms with Gasteiger partial charge in [0.1, 0.15) is 11.6 Å². The zero-order valence-electron chi connectivity index (χ0n) is 13.7. The van der Waals surface area contributed by atoms with Gasteiger partial charge in [-0.2, -0.15) is 0 Å². The maximum absolute atomic E-state index is 12.5. The van der Waals surface area contributed by atoms with E-state index < -0.39 is 0 Å². The van der Waals surface area contributed by atoms with Crippen molar-refractivity contribution in [3.05, 3.63) is 23.8 Å². The monoisotopic (exact) mass is 315 g/mol. The first-order valence-corrected chi connectivity index (χ1v) is 8.10. The van der Waals surface area contributed by atoms with Crippen LogP contribution in [0.3, 0.4) is 0 Å². The molecule has 6 nitrogen and oxygen atoms in total. The van der Waals surface area contributed by atoms with E-state index in [0.29, 0.717) is 17.0 Å². The average molecular weight is 315 g/mol. The summed E-state index contributed by atoms with van der Waals surface area (Å²) >= 11 is 0. The summed E-state index contributed by atoms with van der Waals surface area (Å²) in [6.45, 7) is 5.04. The molecule has 1 aromatic carbocycles. The minimum Gasteiger partial charge on any atom is -0.458 e. The summed E-state index contributed by atoms with van der Waals surface area (Å²) in [7, 11) is 1.83. The number of nitrogens with zero attached hydrogens (tertiary/aromatic N) is 3. The van der Waals surface area contributed by atoms with E-state index in [1.54, 1.807) is 16.8 Å². The zero-order chi connectivity index (χ0) is 16.2. The minimum atomic E-state index is -0.292. The molecular formula is C17H21N3O3. The first-order valence-electron chi connectivity index (χ1n) is 8.10. The van der Waals surface area contributed by atoms with Gasteiger partial charge in [-0.05, 0) is 31.0 Å². The van der Waals surface area contributed by atoms with Crippen molar-refractivity contribution in [2.45, 2.75) is 38.9 Å². The summed E-state index contributed by atoms with van der Waals surface area (Å²) in [5.74, 6) is 0.0302. The van der Waals surface area contributed by atoms with Crippen LogP contribution >= 0.6 is 0 Å². The third-order valence-electron chi connectivity index (χ3n) is 5.30. The van der Waals surface area contributed by atoms with E-state index >= 15 is 0 Å². The highest BCUT2D eigenvalue weighted by Crippen LogP contribution is 2.53. The molecule has 0 N–H and O–H groups in total. The van der Waals surface area contributed by atoms with Gasteiger partial charge in [-0.25, -0.2) is 9.48 Å². The van der Waals surface area contributed by atoms with Crippen LogP contribution in [0.5, 0.6) is 0 Å². The molecule has 3 atom stereocenters. The number of hydrogen-bond acceptors (Lipinski definition) is 5. The van der Waals surface area contributed by atoms with Gasteiger partial charge >= 0.3 is 5.97 Å². The predicted molar refractivity (Wildman–Crippen MR) is 84.0 cm³/mol. The van der Waals surface area contributed by atoms with Crippen LogP contribution < -0.4 is 0 Å². The van der Waals surface area contributed by atoms with E-state index in [1.807, 2.05) is 13.1 Å². The SMILES string of the molecule is Cn1nnc2cc(C(=O)O[C@@H]3[C@@H]4CCCO[C@@H]4C3(C)C)ccc21. The van der Waals surface area contributed by atoms with Crippen molar-refractivity contribution < 1.29 is 14.3 Å². The topological polar surface area (TPSA) is 66.2 Å². The molecule has 0 amide bonds. The molecule has 1 aliphatic carbocycles. The minimum absolute atomic E-state index is 0.0853. The van der Waals surface area contributed by atoms with Crippen molar-refractivity contribution in [1.29, 1.82) is 0 Å². The van der Waals surface area contributed by atoms with Crippen molar-refractivity contribution >= 4 is 17.0 Å². The first kappa shape index (κ1) is 14.6. The Morgan fingerprint density at radius 3 is 3.09 bits per heavy atom. The smallest absolute Gasteiger partial charge is 0.338 e. The molecule has 0 bridgehead atoms. The fourth-order valence-electron chi connectivity index (χ4n) is 4.07. The number of esters is 1. The fourth-order valence-corrected chi connectivity index (χ4v) is 4.07. The second-order valence-electron chi connectivity index (χ2n) is 7.16. The highest BCUT2D eigenvalue weighted by Gasteiger charge is 2.60. The molecule has 1 saturated carbocycles. The van der Waals surface area contributed by atoms with Crippen molar-refractivity contribution in [2.24, 2.45) is 18.4 Å². The molecule has 2 heterocycles. The van der Waals surface area contributed by atoms with E-state index in [1.165, 1.54) is 0 Å². The normalized spacial score (nSPS) is 28.9. The molecule has 0 spiro atoms. The number of aryl methyl sites for hydroxylation is 1. The van der Waals surface area contributed by atoms with Crippen LogP contribution in [0.25, 0.3) is 11.0 Å². The quantitative estimate of drug-likeness (QED) is 0.796. The van der Waals surface area contributed by atoms with Gasteiger partial charge in [-0.1, -0.05) is 19.1 Å². The molecule has 0 unspecified atom stereocenters. The Kier molecular flexibility index (Phi) is 3.20. The van der Waals surface area contributed by atoms with Crippen molar-refractivity contribution in [2.75, 3.05) is 6.61 Å². The molecule has 1 aliphatic heterocycles. The molecule has 1 aromatic heterocycles. The van der Waals surface area contributed by atoms with Gasteiger partial charge in [0.05, 0.1) is 17.2 Å². The van der Waals surface area contributed by atoms with E-state index in [9.17, 15) is 4.79 Å². The number of carbonyl (C=O) groups is 1. The van der Waals surface area contributed by atoms with Crippen LogP contribution in [0.15, 0.2) is 18.2 Å². The summed E-state index contributed by atoms with van der Waals surface area (Å²) in [6.07, 6.45) is 2.22. The van der Waals surface area contributed by atoms with E-state index in [0.717, 1.165) is 25.0 Å². The summed E-state index contributed by atoms with van der Waals surface area (Å²) in [4.78, 5) is 12.5. The molecule has 1 saturated heterocycles. The van der Waals surface area contributed by atoms with Gasteiger partial charge < -0.3 is 9.47 Å². The Balaban J connectivity index is 1.54. The highest BCUT2D eigenvalue weighted by atomic mass is 16.6. The van der Waals surface area contributed by atoms with Crippen LogP contribution in [0, 0.1) is 11.3 Å². The van der Waals surface area contributed by atoms with E-state index in [2.05, 4.69) is 24.2 Å². The number of carbonyl (C=O) groups excluding carboxylic acids is 1. The van der Waals surface area contributed by atoms with Crippen LogP contribution in [-0.4, -0.2) is 39.8 Å². The number of benzene rings is 1. The molecule has 122 valence electrons. The van der Waals surface area contributed by atoms with Gasteiger partial charge in [-0.15, -0.1) is 5.10 Å². The largest absolute Gasteiger partial charge is 0.458 e. The molecule has 6 heteroatoms. The third kappa shape index (κ3) is 2.16. The first-order chi connectivity index (χ1) is 11.0. The Labute approximate surface area is 134 Å². The lowest BCUT2D eigenvalue weighted by Crippen LogP contribution is -2.65. The van der Waals surface area contributed by atoms with Gasteiger partial charge in [0.15, 0.2) is 0 Å². The van der Waals surface area contributed by atoms with Gasteiger partial charge in [0, 0.05) is 25.0 Å². The zero-order valence-corrected chi connectivity index (χ0v) is 13.7. The van der Waals surface area contributed by atoms with Crippen molar-refractivity contribution in [1.82, 2.24) is 15.0 Å². The van der Waals surface area contributed by atoms with Gasteiger partial charge in [-0.3, -0.25) is 0 Å². The lowest BCUT2D eigenvalue weighted by atomic mass is 9.57. The van der Waals surface area contributed by atoms with Gasteiger partial charge in [0.25, 0.3) is 0 Å². The molecule has 4 rings (SSSR count). The van der Waals surface area contributed by atoms with Crippen molar-refractivity contribution in [3.8, 4) is 0 Å². The molecule has 2 fully saturated rings. The fraction of sp³-hybridized carbons (Fsp3) is 0.588. The second-order valence-corrected chi connectivity index (χ2v) is 7.16. The molecule has 2 aromatic rings. The summed E-state index contributed by atoms with van der Waals surface area (Å²) in [5.41, 5.74) is 1.99. The Morgan fingerprint density at radius 1 is 1.43 bits per heavy atom. The summed E-state index contributed by atoms with van der Waals surface area (Å²) < 4.78 is 13.4. The second kappa shape index (κ2) is 5.03. The average Bonchev–Trinajstić information content (AvgIpc) is 2.93. The highest BCUT2D eigenvalue weighted by molar-refractivity contribution is 5.93. The van der Waals surface area contributed by atoms with E-state index in [-0.39, 0.29) is 23.6 Å². The number of rotatable bonds is 2. The molecule has 23 heavy (non-hydrogen) atoms. The summed E-state index contributed by atoms with van der Waals surface area (Å²) in [5, 5.41) is 8.01. The van der Waals surface area contributed by atoms with Crippen LogP contribution in [0.2, 0.25) is 0 Å². The standard InChI is InChI=1S/C17H21N3O3/c1-17(2)14-11(5-4-8-22-14)15(17)23-16(21)10-6-7-13-12(9-10)18-19-20(13)3/h6-7,9,11,14-15H,4-5,8H2,1-3H3/t11-,14+,15-/m1/s1. The Morgan fingerprint density at radius 2 is 2.26 bits per heavy atom. The van der Waals surface area contributed by atoms with E-state index in [4.69, 9.17) is 9.47 Å². The van der Waals surface area contributed by atoms with Gasteiger partial charge in [0.2, 0.25) is 0 Å². The van der Waals surface area contributed by atoms with Crippen molar-refractivity contribution in [3.63, 3.8) is 0 Å². The van der Waals surface area contributed by atoms with Crippen LogP contribution in [0.4, 0.5) is 0 Å².